The van der Waals surface area contributed by atoms with Gasteiger partial charge in [0.25, 0.3) is 5.91 Å². The second-order valence-electron chi connectivity index (χ2n) is 6.76. The number of fused-ring (bicyclic) bond motifs is 1. The second kappa shape index (κ2) is 4.43. The standard InChI is InChI=1S/C15H22N2O3/c1-9(18)17-6-5-11-14(2,3)12(19)10(13(16)20)7-15(11,4)8-17/h7,11H,5-6,8H2,1-4H3,(H2,16,20)/t11-,15+/m1/s1. The molecule has 0 unspecified atom stereocenters. The molecule has 2 atom stereocenters. The van der Waals surface area contributed by atoms with Gasteiger partial charge in [0.15, 0.2) is 5.78 Å². The SMILES string of the molecule is CC(=O)N1CC[C@@H]2C(C)(C)C(=O)C(C(N)=O)=C[C@@]2(C)C1. The Kier molecular flexibility index (Phi) is 3.27. The van der Waals surface area contributed by atoms with Crippen LogP contribution in [0.4, 0.5) is 0 Å². The normalized spacial score (nSPS) is 32.4. The maximum Gasteiger partial charge on any atom is 0.252 e. The van der Waals surface area contributed by atoms with Crippen LogP contribution < -0.4 is 5.73 Å². The molecule has 5 heteroatoms. The molecule has 1 saturated heterocycles. The molecule has 1 heterocycles. The second-order valence-corrected chi connectivity index (χ2v) is 6.76. The molecule has 2 rings (SSSR count). The lowest BCUT2D eigenvalue weighted by Gasteiger charge is -2.53. The zero-order valence-electron chi connectivity index (χ0n) is 12.5. The molecule has 1 fully saturated rings. The lowest BCUT2D eigenvalue weighted by atomic mass is 9.54. The quantitative estimate of drug-likeness (QED) is 0.723. The van der Waals surface area contributed by atoms with Crippen LogP contribution in [0.5, 0.6) is 0 Å². The summed E-state index contributed by atoms with van der Waals surface area (Å²) >= 11 is 0. The highest BCUT2D eigenvalue weighted by Gasteiger charge is 2.54. The van der Waals surface area contributed by atoms with E-state index in [2.05, 4.69) is 0 Å². The first-order valence-electron chi connectivity index (χ1n) is 6.92. The topological polar surface area (TPSA) is 80.5 Å². The maximum atomic E-state index is 12.5. The number of hydrogen-bond acceptors (Lipinski definition) is 3. The van der Waals surface area contributed by atoms with E-state index in [1.165, 1.54) is 0 Å². The number of amides is 2. The van der Waals surface area contributed by atoms with Crippen molar-refractivity contribution < 1.29 is 14.4 Å². The Morgan fingerprint density at radius 2 is 1.95 bits per heavy atom. The Morgan fingerprint density at radius 3 is 2.45 bits per heavy atom. The van der Waals surface area contributed by atoms with Gasteiger partial charge in [0, 0.05) is 30.8 Å². The van der Waals surface area contributed by atoms with Gasteiger partial charge < -0.3 is 10.6 Å². The van der Waals surface area contributed by atoms with Crippen molar-refractivity contribution in [3.8, 4) is 0 Å². The fraction of sp³-hybridized carbons (Fsp3) is 0.667. The summed E-state index contributed by atoms with van der Waals surface area (Å²) in [6, 6.07) is 0. The summed E-state index contributed by atoms with van der Waals surface area (Å²) in [5, 5.41) is 0. The predicted molar refractivity (Wildman–Crippen MR) is 74.5 cm³/mol. The van der Waals surface area contributed by atoms with Gasteiger partial charge >= 0.3 is 0 Å². The van der Waals surface area contributed by atoms with E-state index in [-0.39, 0.29) is 28.6 Å². The van der Waals surface area contributed by atoms with Crippen molar-refractivity contribution in [1.82, 2.24) is 4.90 Å². The monoisotopic (exact) mass is 278 g/mol. The van der Waals surface area contributed by atoms with E-state index < -0.39 is 11.3 Å². The molecule has 1 aliphatic heterocycles. The zero-order valence-corrected chi connectivity index (χ0v) is 12.5. The molecule has 2 N–H and O–H groups in total. The van der Waals surface area contributed by atoms with Crippen molar-refractivity contribution in [2.45, 2.75) is 34.1 Å². The maximum absolute atomic E-state index is 12.5. The highest BCUT2D eigenvalue weighted by Crippen LogP contribution is 2.51. The fourth-order valence-electron chi connectivity index (χ4n) is 3.90. The first-order chi connectivity index (χ1) is 9.09. The summed E-state index contributed by atoms with van der Waals surface area (Å²) in [5.74, 6) is -0.721. The largest absolute Gasteiger partial charge is 0.365 e. The molecule has 110 valence electrons. The number of nitrogens with two attached hydrogens (primary N) is 1. The van der Waals surface area contributed by atoms with Gasteiger partial charge in [0.2, 0.25) is 5.91 Å². The molecule has 20 heavy (non-hydrogen) atoms. The highest BCUT2D eigenvalue weighted by molar-refractivity contribution is 6.21. The van der Waals surface area contributed by atoms with Gasteiger partial charge in [0.1, 0.15) is 0 Å². The van der Waals surface area contributed by atoms with Crippen molar-refractivity contribution in [2.24, 2.45) is 22.5 Å². The predicted octanol–water partition coefficient (Wildman–Crippen LogP) is 0.882. The van der Waals surface area contributed by atoms with Crippen LogP contribution in [0.15, 0.2) is 11.6 Å². The van der Waals surface area contributed by atoms with Crippen LogP contribution >= 0.6 is 0 Å². The summed E-state index contributed by atoms with van der Waals surface area (Å²) in [6.07, 6.45) is 2.46. The number of primary amides is 1. The Balaban J connectivity index is 2.50. The Hall–Kier alpha value is -1.65. The van der Waals surface area contributed by atoms with E-state index in [0.717, 1.165) is 6.42 Å². The molecule has 1 aliphatic carbocycles. The van der Waals surface area contributed by atoms with Crippen LogP contribution in [0.25, 0.3) is 0 Å². The Labute approximate surface area is 119 Å². The molecule has 0 aromatic rings. The number of hydrogen-bond donors (Lipinski definition) is 1. The number of likely N-dealkylation sites (tertiary alicyclic amines) is 1. The number of rotatable bonds is 1. The van der Waals surface area contributed by atoms with E-state index in [0.29, 0.717) is 13.1 Å². The van der Waals surface area contributed by atoms with E-state index in [1.807, 2.05) is 20.8 Å². The van der Waals surface area contributed by atoms with Gasteiger partial charge in [-0.15, -0.1) is 0 Å². The number of carbonyl (C=O) groups excluding carboxylic acids is 3. The van der Waals surface area contributed by atoms with Gasteiger partial charge in [-0.3, -0.25) is 14.4 Å². The van der Waals surface area contributed by atoms with Crippen molar-refractivity contribution in [1.29, 1.82) is 0 Å². The molecule has 2 aliphatic rings. The minimum Gasteiger partial charge on any atom is -0.365 e. The summed E-state index contributed by atoms with van der Waals surface area (Å²) in [5.41, 5.74) is 4.42. The first-order valence-corrected chi connectivity index (χ1v) is 6.92. The van der Waals surface area contributed by atoms with E-state index >= 15 is 0 Å². The van der Waals surface area contributed by atoms with E-state index in [4.69, 9.17) is 5.73 Å². The number of ketones is 1. The van der Waals surface area contributed by atoms with Crippen LogP contribution in [0.1, 0.15) is 34.1 Å². The van der Waals surface area contributed by atoms with Crippen molar-refractivity contribution >= 4 is 17.6 Å². The smallest absolute Gasteiger partial charge is 0.252 e. The molecule has 2 amide bonds. The molecule has 0 aromatic heterocycles. The van der Waals surface area contributed by atoms with Crippen molar-refractivity contribution in [3.05, 3.63) is 11.6 Å². The third kappa shape index (κ3) is 2.05. The van der Waals surface area contributed by atoms with Crippen LogP contribution in [0.2, 0.25) is 0 Å². The molecular formula is C15H22N2O3. The van der Waals surface area contributed by atoms with Gasteiger partial charge in [-0.05, 0) is 12.3 Å². The van der Waals surface area contributed by atoms with Crippen LogP contribution in [-0.2, 0) is 14.4 Å². The van der Waals surface area contributed by atoms with Gasteiger partial charge in [-0.25, -0.2) is 0 Å². The number of nitrogens with zero attached hydrogens (tertiary/aromatic N) is 1. The third-order valence-electron chi connectivity index (χ3n) is 4.90. The molecule has 0 spiro atoms. The number of Topliss-reactive ketones (excluding diaryl/α,β-unsaturated/α-hetero) is 1. The van der Waals surface area contributed by atoms with Gasteiger partial charge in [-0.2, -0.15) is 0 Å². The molecule has 0 bridgehead atoms. The number of carbonyl (C=O) groups is 3. The minimum absolute atomic E-state index is 0.0217. The number of piperidine rings is 1. The van der Waals surface area contributed by atoms with Crippen LogP contribution in [0, 0.1) is 16.7 Å². The average molecular weight is 278 g/mol. The van der Waals surface area contributed by atoms with E-state index in [1.54, 1.807) is 17.9 Å². The molecule has 5 nitrogen and oxygen atoms in total. The van der Waals surface area contributed by atoms with Crippen LogP contribution in [-0.4, -0.2) is 35.6 Å². The third-order valence-corrected chi connectivity index (χ3v) is 4.90. The zero-order chi connectivity index (χ0) is 15.3. The average Bonchev–Trinajstić information content (AvgIpc) is 2.33. The van der Waals surface area contributed by atoms with Gasteiger partial charge in [-0.1, -0.05) is 26.8 Å². The lowest BCUT2D eigenvalue weighted by Crippen LogP contribution is -2.57. The molecular weight excluding hydrogens is 256 g/mol. The van der Waals surface area contributed by atoms with Crippen molar-refractivity contribution in [3.63, 3.8) is 0 Å². The molecule has 0 radical (unpaired) electrons. The van der Waals surface area contributed by atoms with Gasteiger partial charge in [0.05, 0.1) is 5.57 Å². The summed E-state index contributed by atoms with van der Waals surface area (Å²) in [6.45, 7) is 8.48. The van der Waals surface area contributed by atoms with Crippen LogP contribution in [0.3, 0.4) is 0 Å². The first kappa shape index (κ1) is 14.8. The fourth-order valence-corrected chi connectivity index (χ4v) is 3.90. The summed E-state index contributed by atoms with van der Waals surface area (Å²) in [7, 11) is 0. The Bertz CT molecular complexity index is 521. The minimum atomic E-state index is -0.678. The Morgan fingerprint density at radius 1 is 1.35 bits per heavy atom. The lowest BCUT2D eigenvalue weighted by molar-refractivity contribution is -0.140. The molecule has 0 aromatic carbocycles. The summed E-state index contributed by atoms with van der Waals surface area (Å²) < 4.78 is 0. The van der Waals surface area contributed by atoms with Crippen molar-refractivity contribution in [2.75, 3.05) is 13.1 Å². The molecule has 0 saturated carbocycles. The summed E-state index contributed by atoms with van der Waals surface area (Å²) in [4.78, 5) is 37.4. The van der Waals surface area contributed by atoms with E-state index in [9.17, 15) is 14.4 Å². The highest BCUT2D eigenvalue weighted by atomic mass is 16.2.